The Morgan fingerprint density at radius 1 is 1.29 bits per heavy atom. The van der Waals surface area contributed by atoms with Gasteiger partial charge in [-0.15, -0.1) is 0 Å². The van der Waals surface area contributed by atoms with Crippen LogP contribution in [0.1, 0.15) is 43.6 Å². The van der Waals surface area contributed by atoms with E-state index in [-0.39, 0.29) is 11.9 Å². The summed E-state index contributed by atoms with van der Waals surface area (Å²) in [5, 5.41) is 4.40. The van der Waals surface area contributed by atoms with Crippen molar-refractivity contribution in [2.75, 3.05) is 13.1 Å². The summed E-state index contributed by atoms with van der Waals surface area (Å²) in [5.74, 6) is 0.205. The molecule has 17 heavy (non-hydrogen) atoms. The predicted molar refractivity (Wildman–Crippen MR) is 66.8 cm³/mol. The lowest BCUT2D eigenvalue weighted by Crippen LogP contribution is -2.40. The number of rotatable bonds is 2. The molecule has 0 aliphatic carbocycles. The number of carbonyl (C=O) groups is 1. The Hall–Kier alpha value is -1.32. The summed E-state index contributed by atoms with van der Waals surface area (Å²) < 4.78 is 1.84. The molecule has 1 unspecified atom stereocenters. The van der Waals surface area contributed by atoms with E-state index in [4.69, 9.17) is 0 Å². The van der Waals surface area contributed by atoms with Gasteiger partial charge in [-0.2, -0.15) is 5.10 Å². The number of amides is 1. The molecule has 0 spiro atoms. The maximum atomic E-state index is 12.3. The van der Waals surface area contributed by atoms with Crippen molar-refractivity contribution in [3.8, 4) is 0 Å². The molecule has 1 atom stereocenters. The molecule has 1 aromatic rings. The highest BCUT2D eigenvalue weighted by Crippen LogP contribution is 2.17. The summed E-state index contributed by atoms with van der Waals surface area (Å²) in [7, 11) is 0. The minimum absolute atomic E-state index is 0.179. The highest BCUT2D eigenvalue weighted by molar-refractivity contribution is 5.80. The largest absolute Gasteiger partial charge is 0.341 e. The van der Waals surface area contributed by atoms with Crippen LogP contribution in [0.15, 0.2) is 6.07 Å². The highest BCUT2D eigenvalue weighted by Gasteiger charge is 2.24. The number of nitrogens with zero attached hydrogens (tertiary/aromatic N) is 3. The van der Waals surface area contributed by atoms with E-state index in [1.54, 1.807) is 0 Å². The second-order valence-electron chi connectivity index (χ2n) is 4.93. The van der Waals surface area contributed by atoms with E-state index in [0.717, 1.165) is 37.3 Å². The fourth-order valence-electron chi connectivity index (χ4n) is 2.52. The summed E-state index contributed by atoms with van der Waals surface area (Å²) in [6, 6.07) is 1.83. The maximum Gasteiger partial charge on any atom is 0.247 e. The predicted octanol–water partition coefficient (Wildman–Crippen LogP) is 2.07. The first kappa shape index (κ1) is 12.1. The quantitative estimate of drug-likeness (QED) is 0.787. The molecule has 0 aromatic carbocycles. The Bertz CT molecular complexity index is 405. The lowest BCUT2D eigenvalue weighted by atomic mass is 10.1. The monoisotopic (exact) mass is 235 g/mol. The van der Waals surface area contributed by atoms with Crippen LogP contribution in [0.3, 0.4) is 0 Å². The van der Waals surface area contributed by atoms with Gasteiger partial charge >= 0.3 is 0 Å². The molecular formula is C13H21N3O. The van der Waals surface area contributed by atoms with Crippen molar-refractivity contribution in [1.82, 2.24) is 14.7 Å². The van der Waals surface area contributed by atoms with Crippen LogP contribution in [0.4, 0.5) is 0 Å². The standard InChI is InChI=1S/C13H21N3O/c1-10-9-11(2)16(14-10)12(3)13(17)15-7-5-4-6-8-15/h9,12H,4-8H2,1-3H3. The van der Waals surface area contributed by atoms with Crippen LogP contribution in [-0.4, -0.2) is 33.7 Å². The number of aromatic nitrogens is 2. The summed E-state index contributed by atoms with van der Waals surface area (Å²) in [6.45, 7) is 7.71. The molecule has 1 aromatic heterocycles. The molecule has 1 aliphatic rings. The van der Waals surface area contributed by atoms with Crippen LogP contribution in [0.2, 0.25) is 0 Å². The summed E-state index contributed by atoms with van der Waals surface area (Å²) >= 11 is 0. The number of hydrogen-bond acceptors (Lipinski definition) is 2. The van der Waals surface area contributed by atoms with Gasteiger partial charge in [-0.25, -0.2) is 0 Å². The first-order chi connectivity index (χ1) is 8.09. The molecule has 1 aliphatic heterocycles. The number of aryl methyl sites for hydroxylation is 2. The lowest BCUT2D eigenvalue weighted by molar-refractivity contribution is -0.135. The van der Waals surface area contributed by atoms with Crippen molar-refractivity contribution in [1.29, 1.82) is 0 Å². The van der Waals surface area contributed by atoms with Crippen LogP contribution in [-0.2, 0) is 4.79 Å². The van der Waals surface area contributed by atoms with Crippen molar-refractivity contribution in [3.63, 3.8) is 0 Å². The number of carbonyl (C=O) groups excluding carboxylic acids is 1. The zero-order chi connectivity index (χ0) is 12.4. The van der Waals surface area contributed by atoms with Crippen molar-refractivity contribution >= 4 is 5.91 Å². The average Bonchev–Trinajstić information content (AvgIpc) is 2.68. The van der Waals surface area contributed by atoms with Gasteiger partial charge in [0.25, 0.3) is 0 Å². The van der Waals surface area contributed by atoms with Crippen molar-refractivity contribution in [3.05, 3.63) is 17.5 Å². The maximum absolute atomic E-state index is 12.3. The van der Waals surface area contributed by atoms with E-state index < -0.39 is 0 Å². The molecular weight excluding hydrogens is 214 g/mol. The fraction of sp³-hybridized carbons (Fsp3) is 0.692. The second kappa shape index (κ2) is 4.90. The van der Waals surface area contributed by atoms with Crippen molar-refractivity contribution in [2.45, 2.75) is 46.1 Å². The van der Waals surface area contributed by atoms with Gasteiger partial charge in [0.15, 0.2) is 0 Å². The van der Waals surface area contributed by atoms with Gasteiger partial charge in [-0.3, -0.25) is 9.48 Å². The normalized spacial score (nSPS) is 18.2. The molecule has 2 heterocycles. The first-order valence-electron chi connectivity index (χ1n) is 6.41. The van der Waals surface area contributed by atoms with Crippen LogP contribution < -0.4 is 0 Å². The van der Waals surface area contributed by atoms with Crippen molar-refractivity contribution in [2.24, 2.45) is 0 Å². The van der Waals surface area contributed by atoms with Gasteiger partial charge in [-0.1, -0.05) is 0 Å². The fourth-order valence-corrected chi connectivity index (χ4v) is 2.52. The molecule has 1 saturated heterocycles. The summed E-state index contributed by atoms with van der Waals surface area (Å²) in [6.07, 6.45) is 3.52. The molecule has 1 fully saturated rings. The van der Waals surface area contributed by atoms with E-state index in [2.05, 4.69) is 5.10 Å². The third-order valence-corrected chi connectivity index (χ3v) is 3.44. The summed E-state index contributed by atoms with van der Waals surface area (Å²) in [4.78, 5) is 14.3. The Morgan fingerprint density at radius 3 is 2.47 bits per heavy atom. The number of hydrogen-bond donors (Lipinski definition) is 0. The molecule has 4 heteroatoms. The minimum atomic E-state index is -0.179. The third-order valence-electron chi connectivity index (χ3n) is 3.44. The van der Waals surface area contributed by atoms with Gasteiger partial charge < -0.3 is 4.90 Å². The van der Waals surface area contributed by atoms with E-state index in [1.165, 1.54) is 6.42 Å². The first-order valence-corrected chi connectivity index (χ1v) is 6.41. The Balaban J connectivity index is 2.11. The third kappa shape index (κ3) is 2.51. The lowest BCUT2D eigenvalue weighted by Gasteiger charge is -2.29. The van der Waals surface area contributed by atoms with Crippen molar-refractivity contribution < 1.29 is 4.79 Å². The molecule has 4 nitrogen and oxygen atoms in total. The van der Waals surface area contributed by atoms with E-state index in [0.29, 0.717) is 0 Å². The topological polar surface area (TPSA) is 38.1 Å². The second-order valence-corrected chi connectivity index (χ2v) is 4.93. The van der Waals surface area contributed by atoms with E-state index >= 15 is 0 Å². The van der Waals surface area contributed by atoms with Crippen LogP contribution in [0.25, 0.3) is 0 Å². The molecule has 0 saturated carbocycles. The molecule has 0 bridgehead atoms. The number of likely N-dealkylation sites (tertiary alicyclic amines) is 1. The molecule has 94 valence electrons. The summed E-state index contributed by atoms with van der Waals surface area (Å²) in [5.41, 5.74) is 2.03. The molecule has 1 amide bonds. The average molecular weight is 235 g/mol. The zero-order valence-corrected chi connectivity index (χ0v) is 10.9. The van der Waals surface area contributed by atoms with Crippen LogP contribution in [0, 0.1) is 13.8 Å². The van der Waals surface area contributed by atoms with E-state index in [1.807, 2.05) is 36.4 Å². The molecule has 2 rings (SSSR count). The number of piperidine rings is 1. The Kier molecular flexibility index (Phi) is 3.50. The van der Waals surface area contributed by atoms with Gasteiger partial charge in [0, 0.05) is 18.8 Å². The SMILES string of the molecule is Cc1cc(C)n(C(C)C(=O)N2CCCCC2)n1. The highest BCUT2D eigenvalue weighted by atomic mass is 16.2. The molecule has 0 radical (unpaired) electrons. The van der Waals surface area contributed by atoms with Gasteiger partial charge in [0.2, 0.25) is 5.91 Å². The van der Waals surface area contributed by atoms with Gasteiger partial charge in [0.1, 0.15) is 6.04 Å². The minimum Gasteiger partial charge on any atom is -0.341 e. The van der Waals surface area contributed by atoms with Gasteiger partial charge in [-0.05, 0) is 46.1 Å². The van der Waals surface area contributed by atoms with Crippen LogP contribution >= 0.6 is 0 Å². The van der Waals surface area contributed by atoms with Gasteiger partial charge in [0.05, 0.1) is 5.69 Å². The zero-order valence-electron chi connectivity index (χ0n) is 10.9. The Morgan fingerprint density at radius 2 is 1.94 bits per heavy atom. The van der Waals surface area contributed by atoms with E-state index in [9.17, 15) is 4.79 Å². The Labute approximate surface area is 103 Å². The molecule has 0 N–H and O–H groups in total. The smallest absolute Gasteiger partial charge is 0.247 e. The van der Waals surface area contributed by atoms with Crippen LogP contribution in [0.5, 0.6) is 0 Å².